The monoisotopic (exact) mass is 184 g/mol. The average Bonchev–Trinajstić information content (AvgIpc) is 2.92. The summed E-state index contributed by atoms with van der Waals surface area (Å²) in [4.78, 5) is 0. The van der Waals surface area contributed by atoms with Gasteiger partial charge in [0.25, 0.3) is 0 Å². The minimum Gasteiger partial charge on any atom is -0.327 e. The molecule has 0 aromatic rings. The number of unbranched alkanes of at least 4 members (excludes halogenated alkanes) is 1. The molecule has 0 aromatic carbocycles. The second-order valence-corrected chi connectivity index (χ2v) is 4.34. The molecule has 0 heterocycles. The highest BCUT2D eigenvalue weighted by Gasteiger charge is 2.19. The Morgan fingerprint density at radius 3 is 2.85 bits per heavy atom. The molecule has 0 aliphatic heterocycles. The molecule has 78 valence electrons. The van der Waals surface area contributed by atoms with Crippen LogP contribution in [-0.2, 0) is 0 Å². The van der Waals surface area contributed by atoms with Gasteiger partial charge in [-0.05, 0) is 25.3 Å². The highest BCUT2D eigenvalue weighted by Crippen LogP contribution is 2.31. The topological polar surface area (TPSA) is 38.0 Å². The largest absolute Gasteiger partial charge is 0.327 e. The molecule has 0 aromatic heterocycles. The summed E-state index contributed by atoms with van der Waals surface area (Å²) < 4.78 is 0. The van der Waals surface area contributed by atoms with Crippen molar-refractivity contribution in [3.63, 3.8) is 0 Å². The number of hydrogen-bond donors (Lipinski definition) is 2. The van der Waals surface area contributed by atoms with Crippen molar-refractivity contribution in [2.45, 2.75) is 51.5 Å². The first-order valence-corrected chi connectivity index (χ1v) is 5.79. The second-order valence-electron chi connectivity index (χ2n) is 4.34. The first-order chi connectivity index (χ1) is 6.33. The third kappa shape index (κ3) is 6.05. The van der Waals surface area contributed by atoms with Crippen molar-refractivity contribution < 1.29 is 0 Å². The van der Waals surface area contributed by atoms with Crippen LogP contribution in [0.1, 0.15) is 45.4 Å². The Labute approximate surface area is 82.3 Å². The highest BCUT2D eigenvalue weighted by atomic mass is 14.9. The van der Waals surface area contributed by atoms with Crippen LogP contribution in [0.5, 0.6) is 0 Å². The molecule has 1 fully saturated rings. The van der Waals surface area contributed by atoms with Gasteiger partial charge in [-0.25, -0.2) is 0 Å². The maximum atomic E-state index is 5.93. The van der Waals surface area contributed by atoms with Crippen LogP contribution in [0.3, 0.4) is 0 Å². The first kappa shape index (κ1) is 11.0. The van der Waals surface area contributed by atoms with Gasteiger partial charge in [-0.2, -0.15) is 0 Å². The molecule has 2 nitrogen and oxygen atoms in total. The number of nitrogens with two attached hydrogens (primary N) is 1. The van der Waals surface area contributed by atoms with E-state index in [9.17, 15) is 0 Å². The van der Waals surface area contributed by atoms with Crippen LogP contribution in [0.25, 0.3) is 0 Å². The van der Waals surface area contributed by atoms with Crippen molar-refractivity contribution in [2.24, 2.45) is 11.7 Å². The van der Waals surface area contributed by atoms with E-state index in [2.05, 4.69) is 12.2 Å². The molecule has 1 saturated carbocycles. The van der Waals surface area contributed by atoms with Crippen molar-refractivity contribution in [2.75, 3.05) is 13.1 Å². The zero-order chi connectivity index (χ0) is 9.52. The summed E-state index contributed by atoms with van der Waals surface area (Å²) in [6.07, 6.45) is 7.99. The van der Waals surface area contributed by atoms with E-state index in [1.165, 1.54) is 45.1 Å². The van der Waals surface area contributed by atoms with Crippen molar-refractivity contribution in [3.05, 3.63) is 0 Å². The summed E-state index contributed by atoms with van der Waals surface area (Å²) >= 11 is 0. The van der Waals surface area contributed by atoms with Gasteiger partial charge in [0.05, 0.1) is 0 Å². The van der Waals surface area contributed by atoms with Crippen molar-refractivity contribution in [1.82, 2.24) is 5.32 Å². The molecular formula is C11H24N2. The van der Waals surface area contributed by atoms with Gasteiger partial charge in [-0.15, -0.1) is 0 Å². The van der Waals surface area contributed by atoms with E-state index in [1.54, 1.807) is 0 Å². The predicted octanol–water partition coefficient (Wildman–Crippen LogP) is 1.89. The van der Waals surface area contributed by atoms with Crippen LogP contribution >= 0.6 is 0 Å². The molecule has 1 unspecified atom stereocenters. The van der Waals surface area contributed by atoms with Crippen LogP contribution in [-0.4, -0.2) is 19.1 Å². The lowest BCUT2D eigenvalue weighted by Gasteiger charge is -2.11. The molecule has 0 spiro atoms. The van der Waals surface area contributed by atoms with Gasteiger partial charge >= 0.3 is 0 Å². The van der Waals surface area contributed by atoms with E-state index in [0.29, 0.717) is 6.04 Å². The van der Waals surface area contributed by atoms with E-state index in [0.717, 1.165) is 12.5 Å². The summed E-state index contributed by atoms with van der Waals surface area (Å²) in [6, 6.07) is 0.374. The lowest BCUT2D eigenvalue weighted by atomic mass is 10.1. The van der Waals surface area contributed by atoms with E-state index in [1.807, 2.05) is 0 Å². The average molecular weight is 184 g/mol. The first-order valence-electron chi connectivity index (χ1n) is 5.79. The smallest absolute Gasteiger partial charge is 0.0165 e. The van der Waals surface area contributed by atoms with Gasteiger partial charge in [-0.1, -0.05) is 32.6 Å². The fourth-order valence-corrected chi connectivity index (χ4v) is 1.57. The molecule has 1 rings (SSSR count). The molecule has 3 N–H and O–H groups in total. The van der Waals surface area contributed by atoms with Gasteiger partial charge in [0, 0.05) is 12.6 Å². The summed E-state index contributed by atoms with van der Waals surface area (Å²) in [6.45, 7) is 4.39. The maximum Gasteiger partial charge on any atom is 0.0165 e. The summed E-state index contributed by atoms with van der Waals surface area (Å²) in [5.74, 6) is 1.04. The van der Waals surface area contributed by atoms with Crippen molar-refractivity contribution >= 4 is 0 Å². The minimum absolute atomic E-state index is 0.374. The molecule has 13 heavy (non-hydrogen) atoms. The minimum atomic E-state index is 0.374. The molecule has 1 aliphatic carbocycles. The van der Waals surface area contributed by atoms with E-state index in [4.69, 9.17) is 5.73 Å². The molecule has 0 radical (unpaired) electrons. The highest BCUT2D eigenvalue weighted by molar-refractivity contribution is 4.74. The zero-order valence-corrected chi connectivity index (χ0v) is 8.89. The number of nitrogens with one attached hydrogen (secondary N) is 1. The Hall–Kier alpha value is -0.0800. The molecule has 1 aliphatic rings. The van der Waals surface area contributed by atoms with Crippen molar-refractivity contribution in [3.8, 4) is 0 Å². The lowest BCUT2D eigenvalue weighted by molar-refractivity contribution is 0.512. The van der Waals surface area contributed by atoms with Gasteiger partial charge in [0.15, 0.2) is 0 Å². The Kier molecular flexibility index (Phi) is 5.40. The third-order valence-electron chi connectivity index (χ3n) is 2.76. The molecule has 0 bridgehead atoms. The van der Waals surface area contributed by atoms with Crippen molar-refractivity contribution in [1.29, 1.82) is 0 Å². The summed E-state index contributed by atoms with van der Waals surface area (Å²) in [5, 5.41) is 3.44. The maximum absolute atomic E-state index is 5.93. The number of rotatable bonds is 8. The zero-order valence-electron chi connectivity index (χ0n) is 8.89. The van der Waals surface area contributed by atoms with Crippen LogP contribution in [0.2, 0.25) is 0 Å². The Bertz CT molecular complexity index is 121. The molecular weight excluding hydrogens is 160 g/mol. The van der Waals surface area contributed by atoms with E-state index in [-0.39, 0.29) is 0 Å². The van der Waals surface area contributed by atoms with Gasteiger partial charge in [0.2, 0.25) is 0 Å². The van der Waals surface area contributed by atoms with Crippen LogP contribution in [0, 0.1) is 5.92 Å². The van der Waals surface area contributed by atoms with Gasteiger partial charge in [-0.3, -0.25) is 0 Å². The molecule has 0 saturated heterocycles. The van der Waals surface area contributed by atoms with E-state index >= 15 is 0 Å². The Morgan fingerprint density at radius 2 is 2.23 bits per heavy atom. The molecule has 2 heteroatoms. The van der Waals surface area contributed by atoms with Crippen LogP contribution in [0.4, 0.5) is 0 Å². The van der Waals surface area contributed by atoms with Crippen LogP contribution in [0.15, 0.2) is 0 Å². The van der Waals surface area contributed by atoms with E-state index < -0.39 is 0 Å². The normalized spacial score (nSPS) is 18.9. The predicted molar refractivity (Wildman–Crippen MR) is 57.7 cm³/mol. The number of hydrogen-bond acceptors (Lipinski definition) is 2. The Morgan fingerprint density at radius 1 is 1.46 bits per heavy atom. The summed E-state index contributed by atoms with van der Waals surface area (Å²) in [7, 11) is 0. The second kappa shape index (κ2) is 6.39. The van der Waals surface area contributed by atoms with Crippen LogP contribution < -0.4 is 11.1 Å². The third-order valence-corrected chi connectivity index (χ3v) is 2.76. The lowest BCUT2D eigenvalue weighted by Crippen LogP contribution is -2.34. The standard InChI is InChI=1S/C11H24N2/c1-2-3-4-11(12)9-13-8-7-10-5-6-10/h10-11,13H,2-9,12H2,1H3. The quantitative estimate of drug-likeness (QED) is 0.565. The van der Waals surface area contributed by atoms with Gasteiger partial charge < -0.3 is 11.1 Å². The summed E-state index contributed by atoms with van der Waals surface area (Å²) in [5.41, 5.74) is 5.93. The fraction of sp³-hybridized carbons (Fsp3) is 1.00. The Balaban J connectivity index is 1.79. The molecule has 1 atom stereocenters. The molecule has 0 amide bonds. The fourth-order valence-electron chi connectivity index (χ4n) is 1.57. The SMILES string of the molecule is CCCCC(N)CNCCC1CC1. The van der Waals surface area contributed by atoms with Gasteiger partial charge in [0.1, 0.15) is 0 Å².